The first-order valence-electron chi connectivity index (χ1n) is 7.06. The molecule has 2 fully saturated rings. The second-order valence-electron chi connectivity index (χ2n) is 5.69. The molecule has 1 aromatic carbocycles. The van der Waals surface area contributed by atoms with Crippen molar-refractivity contribution >= 4 is 11.6 Å². The SMILES string of the molecule is N#Cc1ccc(NC2CC(=O)N(C3CC3)C2)c(C(F)(F)F)c1. The third kappa shape index (κ3) is 2.86. The van der Waals surface area contributed by atoms with E-state index in [9.17, 15) is 18.0 Å². The summed E-state index contributed by atoms with van der Waals surface area (Å²) in [5.74, 6) is -0.0118. The molecule has 1 amide bonds. The Hall–Kier alpha value is -2.23. The van der Waals surface area contributed by atoms with Crippen LogP contribution >= 0.6 is 0 Å². The first-order chi connectivity index (χ1) is 10.4. The van der Waals surface area contributed by atoms with Crippen LogP contribution in [0.15, 0.2) is 18.2 Å². The van der Waals surface area contributed by atoms with E-state index in [4.69, 9.17) is 5.26 Å². The highest BCUT2D eigenvalue weighted by Crippen LogP contribution is 2.37. The van der Waals surface area contributed by atoms with Gasteiger partial charge in [-0.2, -0.15) is 18.4 Å². The summed E-state index contributed by atoms with van der Waals surface area (Å²) >= 11 is 0. The molecule has 1 heterocycles. The number of alkyl halides is 3. The van der Waals surface area contributed by atoms with Gasteiger partial charge in [-0.25, -0.2) is 0 Å². The second kappa shape index (κ2) is 5.20. The fourth-order valence-electron chi connectivity index (χ4n) is 2.76. The fraction of sp³-hybridized carbons (Fsp3) is 0.467. The number of nitrogens with one attached hydrogen (secondary N) is 1. The van der Waals surface area contributed by atoms with Gasteiger partial charge in [-0.15, -0.1) is 0 Å². The summed E-state index contributed by atoms with van der Waals surface area (Å²) < 4.78 is 39.3. The highest BCUT2D eigenvalue weighted by Gasteiger charge is 2.40. The minimum atomic E-state index is -4.55. The van der Waals surface area contributed by atoms with Gasteiger partial charge in [0.2, 0.25) is 5.91 Å². The molecule has 1 atom stereocenters. The Kier molecular flexibility index (Phi) is 3.47. The van der Waals surface area contributed by atoms with Gasteiger partial charge in [-0.3, -0.25) is 4.79 Å². The molecule has 2 aliphatic rings. The first kappa shape index (κ1) is 14.7. The Labute approximate surface area is 125 Å². The second-order valence-corrected chi connectivity index (χ2v) is 5.69. The molecule has 0 spiro atoms. The molecule has 1 N–H and O–H groups in total. The molecule has 3 rings (SSSR count). The number of carbonyl (C=O) groups is 1. The van der Waals surface area contributed by atoms with Crippen molar-refractivity contribution in [3.05, 3.63) is 29.3 Å². The number of rotatable bonds is 3. The quantitative estimate of drug-likeness (QED) is 0.934. The topological polar surface area (TPSA) is 56.1 Å². The lowest BCUT2D eigenvalue weighted by Crippen LogP contribution is -2.30. The van der Waals surface area contributed by atoms with E-state index in [-0.39, 0.29) is 35.7 Å². The van der Waals surface area contributed by atoms with Crippen molar-refractivity contribution in [2.45, 2.75) is 37.5 Å². The molecule has 0 radical (unpaired) electrons. The summed E-state index contributed by atoms with van der Waals surface area (Å²) in [7, 11) is 0. The van der Waals surface area contributed by atoms with Gasteiger partial charge in [0, 0.05) is 24.7 Å². The van der Waals surface area contributed by atoms with Crippen LogP contribution in [0.4, 0.5) is 18.9 Å². The smallest absolute Gasteiger partial charge is 0.380 e. The zero-order valence-corrected chi connectivity index (χ0v) is 11.7. The predicted octanol–water partition coefficient (Wildman–Crippen LogP) is 2.75. The summed E-state index contributed by atoms with van der Waals surface area (Å²) in [6, 6.07) is 5.07. The van der Waals surface area contributed by atoms with E-state index in [2.05, 4.69) is 5.32 Å². The predicted molar refractivity (Wildman–Crippen MR) is 72.9 cm³/mol. The summed E-state index contributed by atoms with van der Waals surface area (Å²) in [6.07, 6.45) is -2.39. The summed E-state index contributed by atoms with van der Waals surface area (Å²) in [5.41, 5.74) is -0.995. The molecule has 1 aliphatic heterocycles. The van der Waals surface area contributed by atoms with Crippen LogP contribution in [0.3, 0.4) is 0 Å². The maximum absolute atomic E-state index is 13.1. The number of hydrogen-bond acceptors (Lipinski definition) is 3. The van der Waals surface area contributed by atoms with Gasteiger partial charge in [0.1, 0.15) is 0 Å². The van der Waals surface area contributed by atoms with Crippen molar-refractivity contribution in [1.82, 2.24) is 4.90 Å². The molecule has 22 heavy (non-hydrogen) atoms. The largest absolute Gasteiger partial charge is 0.418 e. The molecule has 1 saturated carbocycles. The molecule has 1 saturated heterocycles. The van der Waals surface area contributed by atoms with Gasteiger partial charge in [0.25, 0.3) is 0 Å². The number of likely N-dealkylation sites (tertiary alicyclic amines) is 1. The maximum atomic E-state index is 13.1. The highest BCUT2D eigenvalue weighted by molar-refractivity contribution is 5.80. The molecule has 1 unspecified atom stereocenters. The van der Waals surface area contributed by atoms with E-state index in [1.165, 1.54) is 12.1 Å². The van der Waals surface area contributed by atoms with Crippen LogP contribution in [-0.4, -0.2) is 29.4 Å². The van der Waals surface area contributed by atoms with Crippen LogP contribution in [0.25, 0.3) is 0 Å². The van der Waals surface area contributed by atoms with Crippen LogP contribution in [-0.2, 0) is 11.0 Å². The van der Waals surface area contributed by atoms with Crippen LogP contribution in [0, 0.1) is 11.3 Å². The molecular formula is C15H14F3N3O. The Bertz CT molecular complexity index is 646. The Balaban J connectivity index is 1.80. The van der Waals surface area contributed by atoms with Gasteiger partial charge in [0.05, 0.1) is 23.2 Å². The van der Waals surface area contributed by atoms with E-state index >= 15 is 0 Å². The number of halogens is 3. The van der Waals surface area contributed by atoms with Gasteiger partial charge >= 0.3 is 6.18 Å². The minimum absolute atomic E-state index is 0.0118. The zero-order valence-electron chi connectivity index (χ0n) is 11.7. The maximum Gasteiger partial charge on any atom is 0.418 e. The fourth-order valence-corrected chi connectivity index (χ4v) is 2.76. The average molecular weight is 309 g/mol. The van der Waals surface area contributed by atoms with Crippen molar-refractivity contribution in [1.29, 1.82) is 5.26 Å². The monoisotopic (exact) mass is 309 g/mol. The average Bonchev–Trinajstić information content (AvgIpc) is 3.22. The van der Waals surface area contributed by atoms with Crippen molar-refractivity contribution in [3.63, 3.8) is 0 Å². The molecule has 4 nitrogen and oxygen atoms in total. The minimum Gasteiger partial charge on any atom is -0.380 e. The van der Waals surface area contributed by atoms with Crippen molar-refractivity contribution in [2.24, 2.45) is 0 Å². The summed E-state index contributed by atoms with van der Waals surface area (Å²) in [4.78, 5) is 13.6. The lowest BCUT2D eigenvalue weighted by molar-refractivity contribution is -0.137. The van der Waals surface area contributed by atoms with E-state index in [0.29, 0.717) is 6.54 Å². The molecule has 0 bridgehead atoms. The van der Waals surface area contributed by atoms with Crippen molar-refractivity contribution < 1.29 is 18.0 Å². The van der Waals surface area contributed by atoms with Crippen molar-refractivity contribution in [3.8, 4) is 6.07 Å². The molecular weight excluding hydrogens is 295 g/mol. The number of anilines is 1. The van der Waals surface area contributed by atoms with E-state index < -0.39 is 11.7 Å². The Morgan fingerprint density at radius 3 is 2.64 bits per heavy atom. The normalized spacial score (nSPS) is 21.8. The van der Waals surface area contributed by atoms with Crippen LogP contribution in [0.2, 0.25) is 0 Å². The van der Waals surface area contributed by atoms with Gasteiger partial charge in [-0.1, -0.05) is 0 Å². The van der Waals surface area contributed by atoms with Crippen LogP contribution < -0.4 is 5.32 Å². The third-order valence-corrected chi connectivity index (χ3v) is 3.96. The van der Waals surface area contributed by atoms with Gasteiger partial charge in [0.15, 0.2) is 0 Å². The number of hydrogen-bond donors (Lipinski definition) is 1. The lowest BCUT2D eigenvalue weighted by atomic mass is 10.1. The highest BCUT2D eigenvalue weighted by atomic mass is 19.4. The lowest BCUT2D eigenvalue weighted by Gasteiger charge is -2.19. The van der Waals surface area contributed by atoms with E-state index in [0.717, 1.165) is 18.9 Å². The van der Waals surface area contributed by atoms with Gasteiger partial charge < -0.3 is 10.2 Å². The number of amides is 1. The molecule has 7 heteroatoms. The molecule has 116 valence electrons. The summed E-state index contributed by atoms with van der Waals surface area (Å²) in [5, 5.41) is 11.6. The van der Waals surface area contributed by atoms with Crippen LogP contribution in [0.5, 0.6) is 0 Å². The Morgan fingerprint density at radius 1 is 1.32 bits per heavy atom. The first-order valence-corrected chi connectivity index (χ1v) is 7.06. The molecule has 1 aromatic rings. The third-order valence-electron chi connectivity index (χ3n) is 3.96. The van der Waals surface area contributed by atoms with E-state index in [1.807, 2.05) is 0 Å². The van der Waals surface area contributed by atoms with Crippen LogP contribution in [0.1, 0.15) is 30.4 Å². The standard InChI is InChI=1S/C15H14F3N3O/c16-15(17,18)12-5-9(7-19)1-4-13(12)20-10-6-14(22)21(8-10)11-2-3-11/h1,4-5,10-11,20H,2-3,6,8H2. The molecule has 0 aromatic heterocycles. The van der Waals surface area contributed by atoms with Gasteiger partial charge in [-0.05, 0) is 31.0 Å². The number of benzene rings is 1. The number of nitriles is 1. The zero-order chi connectivity index (χ0) is 15.9. The van der Waals surface area contributed by atoms with E-state index in [1.54, 1.807) is 11.0 Å². The Morgan fingerprint density at radius 2 is 2.05 bits per heavy atom. The number of nitrogens with zero attached hydrogens (tertiary/aromatic N) is 2. The molecule has 1 aliphatic carbocycles. The summed E-state index contributed by atoms with van der Waals surface area (Å²) in [6.45, 7) is 0.431. The number of carbonyl (C=O) groups excluding carboxylic acids is 1. The van der Waals surface area contributed by atoms with Crippen molar-refractivity contribution in [2.75, 3.05) is 11.9 Å².